The highest BCUT2D eigenvalue weighted by Gasteiger charge is 2.20. The maximum absolute atomic E-state index is 6.19. The van der Waals surface area contributed by atoms with Crippen LogP contribution in [0, 0.1) is 0 Å². The number of hydrogen-bond acceptors (Lipinski definition) is 4. The number of rotatable bonds is 2. The normalized spacial score (nSPS) is 19.8. The molecule has 0 saturated carbocycles. The Morgan fingerprint density at radius 1 is 1.53 bits per heavy atom. The Labute approximate surface area is 104 Å². The summed E-state index contributed by atoms with van der Waals surface area (Å²) in [7, 11) is 0. The van der Waals surface area contributed by atoms with Gasteiger partial charge in [0.05, 0.1) is 17.2 Å². The highest BCUT2D eigenvalue weighted by atomic mass is 32.1. The molecule has 4 heteroatoms. The van der Waals surface area contributed by atoms with Gasteiger partial charge >= 0.3 is 0 Å². The Morgan fingerprint density at radius 2 is 2.41 bits per heavy atom. The second-order valence-electron chi connectivity index (χ2n) is 4.39. The summed E-state index contributed by atoms with van der Waals surface area (Å²) in [6, 6.07) is 6.05. The van der Waals surface area contributed by atoms with Crippen LogP contribution in [0.3, 0.4) is 0 Å². The Bertz CT molecular complexity index is 524. The van der Waals surface area contributed by atoms with E-state index in [1.165, 1.54) is 5.56 Å². The summed E-state index contributed by atoms with van der Waals surface area (Å²) in [6.45, 7) is 2.08. The van der Waals surface area contributed by atoms with Crippen molar-refractivity contribution < 1.29 is 4.74 Å². The minimum Gasteiger partial charge on any atom is -0.490 e. The molecule has 1 aliphatic rings. The van der Waals surface area contributed by atoms with Gasteiger partial charge in [-0.15, -0.1) is 11.3 Å². The van der Waals surface area contributed by atoms with E-state index < -0.39 is 0 Å². The van der Waals surface area contributed by atoms with Gasteiger partial charge in [-0.3, -0.25) is 0 Å². The summed E-state index contributed by atoms with van der Waals surface area (Å²) in [5.41, 5.74) is 11.3. The van der Waals surface area contributed by atoms with Crippen molar-refractivity contribution >= 4 is 11.3 Å². The number of aromatic nitrogens is 1. The summed E-state index contributed by atoms with van der Waals surface area (Å²) >= 11 is 1.57. The van der Waals surface area contributed by atoms with Gasteiger partial charge in [-0.1, -0.05) is 12.1 Å². The third-order valence-electron chi connectivity index (χ3n) is 3.05. The van der Waals surface area contributed by atoms with E-state index in [9.17, 15) is 0 Å². The molecule has 0 radical (unpaired) electrons. The van der Waals surface area contributed by atoms with Crippen LogP contribution in [0.2, 0.25) is 0 Å². The molecule has 0 amide bonds. The molecule has 3 nitrogen and oxygen atoms in total. The average Bonchev–Trinajstić information content (AvgIpc) is 2.94. The minimum atomic E-state index is -0.137. The SMILES string of the molecule is CC1Cc2cc(C(N)c3cscn3)ccc2O1. The molecule has 0 saturated heterocycles. The first kappa shape index (κ1) is 10.7. The van der Waals surface area contributed by atoms with Crippen molar-refractivity contribution in [3.8, 4) is 5.75 Å². The quantitative estimate of drug-likeness (QED) is 0.885. The molecule has 2 atom stereocenters. The zero-order valence-corrected chi connectivity index (χ0v) is 10.4. The van der Waals surface area contributed by atoms with Crippen LogP contribution < -0.4 is 10.5 Å². The van der Waals surface area contributed by atoms with E-state index in [2.05, 4.69) is 18.0 Å². The molecule has 0 fully saturated rings. The zero-order chi connectivity index (χ0) is 11.8. The third-order valence-corrected chi connectivity index (χ3v) is 3.65. The number of fused-ring (bicyclic) bond motifs is 1. The number of ether oxygens (including phenoxy) is 1. The minimum absolute atomic E-state index is 0.137. The largest absolute Gasteiger partial charge is 0.490 e. The molecule has 2 N–H and O–H groups in total. The van der Waals surface area contributed by atoms with Crippen LogP contribution >= 0.6 is 11.3 Å². The van der Waals surface area contributed by atoms with Gasteiger partial charge < -0.3 is 10.5 Å². The van der Waals surface area contributed by atoms with Crippen molar-refractivity contribution in [2.45, 2.75) is 25.5 Å². The lowest BCUT2D eigenvalue weighted by molar-refractivity contribution is 0.254. The second-order valence-corrected chi connectivity index (χ2v) is 5.11. The Morgan fingerprint density at radius 3 is 3.18 bits per heavy atom. The predicted octanol–water partition coefficient (Wildman–Crippen LogP) is 2.51. The maximum Gasteiger partial charge on any atom is 0.123 e. The van der Waals surface area contributed by atoms with Gasteiger partial charge in [-0.05, 0) is 24.1 Å². The summed E-state index contributed by atoms with van der Waals surface area (Å²) in [5, 5.41) is 2.00. The molecule has 2 unspecified atom stereocenters. The summed E-state index contributed by atoms with van der Waals surface area (Å²) in [6.07, 6.45) is 1.24. The van der Waals surface area contributed by atoms with E-state index in [0.29, 0.717) is 0 Å². The van der Waals surface area contributed by atoms with E-state index in [-0.39, 0.29) is 12.1 Å². The van der Waals surface area contributed by atoms with Gasteiger partial charge in [0.25, 0.3) is 0 Å². The first-order chi connectivity index (χ1) is 8.24. The highest BCUT2D eigenvalue weighted by Crippen LogP contribution is 2.31. The zero-order valence-electron chi connectivity index (χ0n) is 9.59. The first-order valence-corrected chi connectivity index (χ1v) is 6.61. The lowest BCUT2D eigenvalue weighted by atomic mass is 10.0. The van der Waals surface area contributed by atoms with E-state index in [4.69, 9.17) is 10.5 Å². The van der Waals surface area contributed by atoms with Crippen molar-refractivity contribution in [1.82, 2.24) is 4.98 Å². The number of thiazole rings is 1. The predicted molar refractivity (Wildman–Crippen MR) is 68.4 cm³/mol. The fourth-order valence-electron chi connectivity index (χ4n) is 2.18. The molecule has 1 aliphatic heterocycles. The molecule has 0 bridgehead atoms. The summed E-state index contributed by atoms with van der Waals surface area (Å²) < 4.78 is 5.68. The Balaban J connectivity index is 1.93. The lowest BCUT2D eigenvalue weighted by Crippen LogP contribution is -2.12. The van der Waals surface area contributed by atoms with Crippen molar-refractivity contribution in [2.75, 3.05) is 0 Å². The van der Waals surface area contributed by atoms with Crippen LogP contribution in [0.1, 0.15) is 29.8 Å². The van der Waals surface area contributed by atoms with Gasteiger partial charge in [-0.2, -0.15) is 0 Å². The number of nitrogens with zero attached hydrogens (tertiary/aromatic N) is 1. The first-order valence-electron chi connectivity index (χ1n) is 5.67. The van der Waals surface area contributed by atoms with E-state index in [0.717, 1.165) is 23.4 Å². The fourth-order valence-corrected chi connectivity index (χ4v) is 2.77. The van der Waals surface area contributed by atoms with Crippen LogP contribution in [-0.4, -0.2) is 11.1 Å². The smallest absolute Gasteiger partial charge is 0.123 e. The molecule has 1 aromatic carbocycles. The van der Waals surface area contributed by atoms with Crippen molar-refractivity contribution in [3.05, 3.63) is 45.9 Å². The van der Waals surface area contributed by atoms with Gasteiger partial charge in [0.2, 0.25) is 0 Å². The molecule has 17 heavy (non-hydrogen) atoms. The molecular formula is C13H14N2OS. The molecule has 2 heterocycles. The van der Waals surface area contributed by atoms with Gasteiger partial charge in [0.15, 0.2) is 0 Å². The highest BCUT2D eigenvalue weighted by molar-refractivity contribution is 7.07. The monoisotopic (exact) mass is 246 g/mol. The van der Waals surface area contributed by atoms with Crippen LogP contribution in [0.15, 0.2) is 29.1 Å². The van der Waals surface area contributed by atoms with Gasteiger partial charge in [-0.25, -0.2) is 4.98 Å². The molecule has 1 aromatic heterocycles. The van der Waals surface area contributed by atoms with Crippen molar-refractivity contribution in [2.24, 2.45) is 5.73 Å². The number of benzene rings is 1. The standard InChI is InChI=1S/C13H14N2OS/c1-8-4-10-5-9(2-3-12(10)16-8)13(14)11-6-17-7-15-11/h2-3,5-8,13H,4,14H2,1H3. The van der Waals surface area contributed by atoms with Crippen molar-refractivity contribution in [3.63, 3.8) is 0 Å². The van der Waals surface area contributed by atoms with E-state index >= 15 is 0 Å². The van der Waals surface area contributed by atoms with E-state index in [1.54, 1.807) is 11.3 Å². The maximum atomic E-state index is 6.19. The molecule has 0 aliphatic carbocycles. The van der Waals surface area contributed by atoms with Crippen LogP contribution in [0.5, 0.6) is 5.75 Å². The van der Waals surface area contributed by atoms with Gasteiger partial charge in [0, 0.05) is 11.8 Å². The third kappa shape index (κ3) is 1.94. The number of nitrogens with two attached hydrogens (primary N) is 1. The summed E-state index contributed by atoms with van der Waals surface area (Å²) in [5.74, 6) is 0.992. The van der Waals surface area contributed by atoms with E-state index in [1.807, 2.05) is 23.0 Å². The molecular weight excluding hydrogens is 232 g/mol. The van der Waals surface area contributed by atoms with Crippen LogP contribution in [0.4, 0.5) is 0 Å². The Hall–Kier alpha value is -1.39. The topological polar surface area (TPSA) is 48.1 Å². The molecule has 0 spiro atoms. The summed E-state index contributed by atoms with van der Waals surface area (Å²) in [4.78, 5) is 4.26. The molecule has 2 aromatic rings. The number of hydrogen-bond donors (Lipinski definition) is 1. The molecule has 3 rings (SSSR count). The molecule has 88 valence electrons. The average molecular weight is 246 g/mol. The lowest BCUT2D eigenvalue weighted by Gasteiger charge is -2.10. The van der Waals surface area contributed by atoms with Crippen molar-refractivity contribution in [1.29, 1.82) is 0 Å². The fraction of sp³-hybridized carbons (Fsp3) is 0.308. The Kier molecular flexibility index (Phi) is 2.61. The van der Waals surface area contributed by atoms with Crippen LogP contribution in [-0.2, 0) is 6.42 Å². The van der Waals surface area contributed by atoms with Gasteiger partial charge in [0.1, 0.15) is 11.9 Å². The second kappa shape index (κ2) is 4.13. The van der Waals surface area contributed by atoms with Crippen LogP contribution in [0.25, 0.3) is 0 Å².